The van der Waals surface area contributed by atoms with Gasteiger partial charge < -0.3 is 0 Å². The molecule has 0 saturated heterocycles. The molecule has 3 aromatic rings. The van der Waals surface area contributed by atoms with Crippen LogP contribution in [-0.2, 0) is 16.6 Å². The van der Waals surface area contributed by atoms with Gasteiger partial charge in [0.2, 0.25) is 0 Å². The number of hydrogen-bond donors (Lipinski definition) is 1. The van der Waals surface area contributed by atoms with E-state index in [1.165, 1.54) is 0 Å². The Kier molecular flexibility index (Phi) is 4.42. The number of nitrogens with one attached hydrogen (secondary N) is 1. The molecule has 4 rings (SSSR count). The zero-order valence-electron chi connectivity index (χ0n) is 14.2. The van der Waals surface area contributed by atoms with E-state index in [2.05, 4.69) is 14.9 Å². The molecule has 1 aliphatic carbocycles. The topological polar surface area (TPSA) is 81.8 Å². The van der Waals surface area contributed by atoms with Gasteiger partial charge in [0.25, 0.3) is 16.4 Å². The van der Waals surface area contributed by atoms with Crippen molar-refractivity contribution in [3.05, 3.63) is 48.8 Å². The Bertz CT molecular complexity index is 1040. The predicted octanol–water partition coefficient (Wildman–Crippen LogP) is 3.15. The van der Waals surface area contributed by atoms with Gasteiger partial charge in [-0.3, -0.25) is 9.40 Å². The standard InChI is InChI=1S/C17H17F2N5O2S/c18-16(19)11-23-10-14(9-20-23)27(25,26)22-17-8-15(12-4-2-1-3-5-12)21-24(17)13-6-7-13/h1-5,8-10,13,16,22H,6-7,11H2. The van der Waals surface area contributed by atoms with Gasteiger partial charge in [0.15, 0.2) is 0 Å². The maximum Gasteiger partial charge on any atom is 0.266 e. The van der Waals surface area contributed by atoms with Crippen LogP contribution in [0.2, 0.25) is 0 Å². The van der Waals surface area contributed by atoms with Gasteiger partial charge in [0, 0.05) is 17.8 Å². The fourth-order valence-corrected chi connectivity index (χ4v) is 3.73. The molecule has 2 aromatic heterocycles. The number of nitrogens with zero attached hydrogens (tertiary/aromatic N) is 4. The van der Waals surface area contributed by atoms with Crippen LogP contribution < -0.4 is 4.72 Å². The minimum atomic E-state index is -3.96. The highest BCUT2D eigenvalue weighted by molar-refractivity contribution is 7.92. The van der Waals surface area contributed by atoms with Gasteiger partial charge in [-0.2, -0.15) is 10.2 Å². The molecule has 10 heteroatoms. The molecule has 0 atom stereocenters. The van der Waals surface area contributed by atoms with Crippen LogP contribution in [0.15, 0.2) is 53.7 Å². The second-order valence-corrected chi connectivity index (χ2v) is 8.03. The van der Waals surface area contributed by atoms with Crippen LogP contribution in [0.5, 0.6) is 0 Å². The van der Waals surface area contributed by atoms with Crippen molar-refractivity contribution in [1.82, 2.24) is 19.6 Å². The van der Waals surface area contributed by atoms with Crippen LogP contribution >= 0.6 is 0 Å². The zero-order valence-corrected chi connectivity index (χ0v) is 15.0. The molecule has 0 unspecified atom stereocenters. The Morgan fingerprint density at radius 1 is 1.22 bits per heavy atom. The van der Waals surface area contributed by atoms with Crippen molar-refractivity contribution >= 4 is 15.8 Å². The molecular formula is C17H17F2N5O2S. The summed E-state index contributed by atoms with van der Waals surface area (Å²) in [4.78, 5) is -0.173. The first-order chi connectivity index (χ1) is 12.9. The Labute approximate surface area is 154 Å². The average molecular weight is 393 g/mol. The Balaban J connectivity index is 1.63. The molecule has 7 nitrogen and oxygen atoms in total. The van der Waals surface area contributed by atoms with Crippen LogP contribution in [0.4, 0.5) is 14.6 Å². The molecule has 1 saturated carbocycles. The van der Waals surface area contributed by atoms with Crippen molar-refractivity contribution in [2.45, 2.75) is 36.7 Å². The average Bonchev–Trinajstić information content (AvgIpc) is 3.21. The molecule has 0 amide bonds. The third kappa shape index (κ3) is 3.85. The number of rotatable bonds is 7. The number of aromatic nitrogens is 4. The van der Waals surface area contributed by atoms with Crippen molar-refractivity contribution in [1.29, 1.82) is 0 Å². The lowest BCUT2D eigenvalue weighted by molar-refractivity contribution is 0.121. The minimum Gasteiger partial charge on any atom is -0.266 e. The maximum atomic E-state index is 12.6. The summed E-state index contributed by atoms with van der Waals surface area (Å²) < 4.78 is 55.3. The molecule has 1 aliphatic rings. The van der Waals surface area contributed by atoms with Crippen LogP contribution in [0.1, 0.15) is 18.9 Å². The molecule has 0 spiro atoms. The van der Waals surface area contributed by atoms with E-state index in [9.17, 15) is 17.2 Å². The maximum absolute atomic E-state index is 12.6. The summed E-state index contributed by atoms with van der Waals surface area (Å²) in [6.45, 7) is -0.659. The Morgan fingerprint density at radius 2 is 1.96 bits per heavy atom. The molecule has 1 aromatic carbocycles. The fraction of sp³-hybridized carbons (Fsp3) is 0.294. The van der Waals surface area contributed by atoms with Gasteiger partial charge in [-0.05, 0) is 12.8 Å². The normalized spacial score (nSPS) is 14.6. The van der Waals surface area contributed by atoms with Crippen molar-refractivity contribution in [3.63, 3.8) is 0 Å². The molecule has 142 valence electrons. The van der Waals surface area contributed by atoms with Gasteiger partial charge in [-0.25, -0.2) is 21.9 Å². The second kappa shape index (κ2) is 6.76. The molecule has 27 heavy (non-hydrogen) atoms. The summed E-state index contributed by atoms with van der Waals surface area (Å²) >= 11 is 0. The van der Waals surface area contributed by atoms with Crippen molar-refractivity contribution in [2.75, 3.05) is 4.72 Å². The summed E-state index contributed by atoms with van der Waals surface area (Å²) in [6, 6.07) is 11.3. The number of alkyl halides is 2. The van der Waals surface area contributed by atoms with E-state index in [0.29, 0.717) is 11.5 Å². The number of halogens is 2. The summed E-state index contributed by atoms with van der Waals surface area (Å²) in [5.74, 6) is 0.345. The molecule has 2 heterocycles. The summed E-state index contributed by atoms with van der Waals surface area (Å²) in [5.41, 5.74) is 1.54. The fourth-order valence-electron chi connectivity index (χ4n) is 2.74. The number of anilines is 1. The van der Waals surface area contributed by atoms with Crippen LogP contribution in [0.3, 0.4) is 0 Å². The van der Waals surface area contributed by atoms with Gasteiger partial charge in [-0.1, -0.05) is 30.3 Å². The highest BCUT2D eigenvalue weighted by Gasteiger charge is 2.29. The molecule has 0 bridgehead atoms. The molecule has 0 radical (unpaired) electrons. The smallest absolute Gasteiger partial charge is 0.266 e. The lowest BCUT2D eigenvalue weighted by Crippen LogP contribution is -2.16. The van der Waals surface area contributed by atoms with Gasteiger partial charge in [0.1, 0.15) is 17.3 Å². The zero-order chi connectivity index (χ0) is 19.0. The van der Waals surface area contributed by atoms with E-state index in [1.54, 1.807) is 10.7 Å². The van der Waals surface area contributed by atoms with Crippen molar-refractivity contribution < 1.29 is 17.2 Å². The van der Waals surface area contributed by atoms with E-state index < -0.39 is 23.0 Å². The Morgan fingerprint density at radius 3 is 2.63 bits per heavy atom. The number of hydrogen-bond acceptors (Lipinski definition) is 4. The predicted molar refractivity (Wildman–Crippen MR) is 95.0 cm³/mol. The molecule has 1 N–H and O–H groups in total. The first kappa shape index (κ1) is 17.7. The van der Waals surface area contributed by atoms with E-state index >= 15 is 0 Å². The van der Waals surface area contributed by atoms with Crippen molar-refractivity contribution in [2.24, 2.45) is 0 Å². The van der Waals surface area contributed by atoms with Crippen LogP contribution in [0, 0.1) is 0 Å². The summed E-state index contributed by atoms with van der Waals surface area (Å²) in [5, 5.41) is 8.22. The Hall–Kier alpha value is -2.75. The SMILES string of the molecule is O=S(=O)(Nc1cc(-c2ccccc2)nn1C1CC1)c1cnn(CC(F)F)c1. The first-order valence-electron chi connectivity index (χ1n) is 8.41. The molecule has 0 aliphatic heterocycles. The highest BCUT2D eigenvalue weighted by Crippen LogP contribution is 2.38. The molecule has 1 fully saturated rings. The number of sulfonamides is 1. The van der Waals surface area contributed by atoms with Crippen LogP contribution in [-0.4, -0.2) is 34.4 Å². The van der Waals surface area contributed by atoms with E-state index in [-0.39, 0.29) is 10.9 Å². The van der Waals surface area contributed by atoms with Gasteiger partial charge in [-0.15, -0.1) is 0 Å². The quantitative estimate of drug-likeness (QED) is 0.669. The summed E-state index contributed by atoms with van der Waals surface area (Å²) in [7, 11) is -3.96. The second-order valence-electron chi connectivity index (χ2n) is 6.35. The van der Waals surface area contributed by atoms with E-state index in [4.69, 9.17) is 0 Å². The van der Waals surface area contributed by atoms with E-state index in [0.717, 1.165) is 35.5 Å². The first-order valence-corrected chi connectivity index (χ1v) is 9.89. The largest absolute Gasteiger partial charge is 0.266 e. The lowest BCUT2D eigenvalue weighted by Gasteiger charge is -2.08. The van der Waals surface area contributed by atoms with Gasteiger partial charge >= 0.3 is 0 Å². The lowest BCUT2D eigenvalue weighted by atomic mass is 10.2. The highest BCUT2D eigenvalue weighted by atomic mass is 32.2. The van der Waals surface area contributed by atoms with Gasteiger partial charge in [0.05, 0.1) is 17.9 Å². The number of benzene rings is 1. The van der Waals surface area contributed by atoms with Crippen LogP contribution in [0.25, 0.3) is 11.3 Å². The molecular weight excluding hydrogens is 376 g/mol. The van der Waals surface area contributed by atoms with E-state index in [1.807, 2.05) is 30.3 Å². The third-order valence-electron chi connectivity index (χ3n) is 4.18. The minimum absolute atomic E-state index is 0.154. The summed E-state index contributed by atoms with van der Waals surface area (Å²) in [6.07, 6.45) is 1.39. The third-order valence-corrected chi connectivity index (χ3v) is 5.49. The van der Waals surface area contributed by atoms with Crippen molar-refractivity contribution in [3.8, 4) is 11.3 Å². The monoisotopic (exact) mass is 393 g/mol.